The second-order valence-electron chi connectivity index (χ2n) is 8.83. The molecule has 0 bridgehead atoms. The first-order valence-electron chi connectivity index (χ1n) is 11.4. The summed E-state index contributed by atoms with van der Waals surface area (Å²) in [6, 6.07) is 0. The number of nitrogens with zero attached hydrogens (tertiary/aromatic N) is 2. The van der Waals surface area contributed by atoms with Crippen LogP contribution in [0.1, 0.15) is 40.5 Å². The third kappa shape index (κ3) is 6.10. The molecule has 4 rings (SSSR count). The molecule has 2 heterocycles. The van der Waals surface area contributed by atoms with Gasteiger partial charge in [-0.25, -0.2) is 0 Å². The Balaban J connectivity index is 0.000000201. The van der Waals surface area contributed by atoms with E-state index >= 15 is 0 Å². The molecule has 0 unspecified atom stereocenters. The van der Waals surface area contributed by atoms with E-state index in [0.717, 1.165) is 0 Å². The Morgan fingerprint density at radius 2 is 1.00 bits per heavy atom. The summed E-state index contributed by atoms with van der Waals surface area (Å²) in [4.78, 5) is 44.2. The van der Waals surface area contributed by atoms with Crippen LogP contribution >= 0.6 is 0 Å². The lowest BCUT2D eigenvalue weighted by molar-refractivity contribution is -0.200. The Hall–Kier alpha value is -3.26. The topological polar surface area (TPSA) is 189 Å². The predicted molar refractivity (Wildman–Crippen MR) is 116 cm³/mol. The number of rotatable bonds is 4. The third-order valence-corrected chi connectivity index (χ3v) is 6.28. The number of esters is 4. The fraction of sp³-hybridized carbons (Fsp3) is 0.727. The van der Waals surface area contributed by atoms with Gasteiger partial charge in [0.2, 0.25) is 0 Å². The minimum absolute atomic E-state index is 0.146. The summed E-state index contributed by atoms with van der Waals surface area (Å²) < 4.78 is 31.5. The van der Waals surface area contributed by atoms with Gasteiger partial charge in [0, 0.05) is 40.5 Å². The van der Waals surface area contributed by atoms with Crippen LogP contribution in [-0.2, 0) is 47.6 Å². The van der Waals surface area contributed by atoms with Crippen molar-refractivity contribution in [3.05, 3.63) is 0 Å². The molecule has 4 aliphatic rings. The van der Waals surface area contributed by atoms with Gasteiger partial charge in [0.05, 0.1) is 48.7 Å². The molecule has 2 aliphatic carbocycles. The van der Waals surface area contributed by atoms with Crippen molar-refractivity contribution in [2.75, 3.05) is 13.2 Å². The predicted octanol–water partition coefficient (Wildman–Crippen LogP) is 0.197. The summed E-state index contributed by atoms with van der Waals surface area (Å²) in [5, 5.41) is 24.0. The van der Waals surface area contributed by atoms with Crippen molar-refractivity contribution in [2.24, 2.45) is 22.1 Å². The van der Waals surface area contributed by atoms with Gasteiger partial charge in [-0.2, -0.15) is 0 Å². The summed E-state index contributed by atoms with van der Waals surface area (Å²) in [5.41, 5.74) is 1.01. The summed E-state index contributed by atoms with van der Waals surface area (Å²) in [7, 11) is 0. The number of ether oxygens (including phenoxy) is 6. The molecule has 14 heteroatoms. The van der Waals surface area contributed by atoms with Crippen LogP contribution in [0.2, 0.25) is 0 Å². The second kappa shape index (κ2) is 11.6. The molecule has 2 saturated heterocycles. The summed E-state index contributed by atoms with van der Waals surface area (Å²) in [6.07, 6.45) is -1.90. The van der Waals surface area contributed by atoms with Crippen molar-refractivity contribution in [1.82, 2.24) is 0 Å². The molecule has 14 nitrogen and oxygen atoms in total. The molecule has 8 atom stereocenters. The van der Waals surface area contributed by atoms with Gasteiger partial charge in [-0.3, -0.25) is 19.2 Å². The monoisotopic (exact) mass is 514 g/mol. The fourth-order valence-corrected chi connectivity index (χ4v) is 4.79. The summed E-state index contributed by atoms with van der Waals surface area (Å²) >= 11 is 0. The average Bonchev–Trinajstić information content (AvgIpc) is 2.73. The van der Waals surface area contributed by atoms with E-state index in [9.17, 15) is 19.2 Å². The first-order chi connectivity index (χ1) is 17.0. The first kappa shape index (κ1) is 27.3. The van der Waals surface area contributed by atoms with Crippen LogP contribution in [0.5, 0.6) is 0 Å². The lowest BCUT2D eigenvalue weighted by Crippen LogP contribution is -2.61. The van der Waals surface area contributed by atoms with Gasteiger partial charge in [-0.1, -0.05) is 10.3 Å². The Morgan fingerprint density at radius 3 is 1.28 bits per heavy atom. The van der Waals surface area contributed by atoms with E-state index in [-0.39, 0.29) is 37.3 Å². The van der Waals surface area contributed by atoms with Crippen LogP contribution in [-0.4, -0.2) is 95.6 Å². The quantitative estimate of drug-likeness (QED) is 0.225. The second-order valence-corrected chi connectivity index (χ2v) is 8.83. The maximum absolute atomic E-state index is 11.1. The first-order valence-corrected chi connectivity index (χ1v) is 11.4. The normalized spacial score (nSPS) is 36.4. The third-order valence-electron chi connectivity index (χ3n) is 6.28. The van der Waals surface area contributed by atoms with Crippen molar-refractivity contribution >= 4 is 35.3 Å². The molecular weight excluding hydrogens is 484 g/mol. The van der Waals surface area contributed by atoms with Gasteiger partial charge in [-0.05, 0) is 0 Å². The van der Waals surface area contributed by atoms with E-state index < -0.39 is 48.3 Å². The van der Waals surface area contributed by atoms with E-state index in [1.54, 1.807) is 0 Å². The number of oxime groups is 2. The molecule has 0 aromatic carbocycles. The van der Waals surface area contributed by atoms with Crippen LogP contribution < -0.4 is 0 Å². The molecule has 0 aromatic heterocycles. The van der Waals surface area contributed by atoms with Gasteiger partial charge in [0.25, 0.3) is 0 Å². The molecular formula is C22H30N2O12. The smallest absolute Gasteiger partial charge is 0.303 e. The molecule has 2 aliphatic heterocycles. The zero-order chi connectivity index (χ0) is 26.6. The van der Waals surface area contributed by atoms with E-state index in [1.807, 2.05) is 0 Å². The van der Waals surface area contributed by atoms with E-state index in [2.05, 4.69) is 10.3 Å². The zero-order valence-corrected chi connectivity index (χ0v) is 20.3. The van der Waals surface area contributed by atoms with Crippen LogP contribution in [0.15, 0.2) is 10.3 Å². The Kier molecular flexibility index (Phi) is 8.84. The molecule has 0 aromatic rings. The minimum atomic E-state index is -0.662. The van der Waals surface area contributed by atoms with Crippen molar-refractivity contribution < 1.29 is 58.0 Å². The minimum Gasteiger partial charge on any atom is -0.458 e. The van der Waals surface area contributed by atoms with Gasteiger partial charge in [0.15, 0.2) is 24.4 Å². The van der Waals surface area contributed by atoms with Gasteiger partial charge in [-0.15, -0.1) is 0 Å². The highest BCUT2D eigenvalue weighted by Crippen LogP contribution is 2.39. The Labute approximate surface area is 206 Å². The number of hydrogen-bond acceptors (Lipinski definition) is 14. The van der Waals surface area contributed by atoms with Crippen molar-refractivity contribution in [1.29, 1.82) is 0 Å². The molecule has 0 radical (unpaired) electrons. The van der Waals surface area contributed by atoms with Crippen molar-refractivity contribution in [3.8, 4) is 0 Å². The number of carbonyl (C=O) groups is 4. The molecule has 4 fully saturated rings. The van der Waals surface area contributed by atoms with Crippen molar-refractivity contribution in [3.63, 3.8) is 0 Å². The van der Waals surface area contributed by atoms with E-state index in [1.165, 1.54) is 27.7 Å². The number of carbonyl (C=O) groups excluding carboxylic acids is 4. The summed E-state index contributed by atoms with van der Waals surface area (Å²) in [6.45, 7) is 5.47. The van der Waals surface area contributed by atoms with Crippen LogP contribution in [0, 0.1) is 11.8 Å². The molecule has 200 valence electrons. The lowest BCUT2D eigenvalue weighted by atomic mass is 9.72. The maximum Gasteiger partial charge on any atom is 0.303 e. The number of fused-ring (bicyclic) bond motifs is 2. The number of hydrogen-bond donors (Lipinski definition) is 2. The lowest BCUT2D eigenvalue weighted by Gasteiger charge is -2.47. The van der Waals surface area contributed by atoms with Crippen LogP contribution in [0.25, 0.3) is 0 Å². The maximum atomic E-state index is 11.1. The average molecular weight is 514 g/mol. The molecule has 36 heavy (non-hydrogen) atoms. The van der Waals surface area contributed by atoms with E-state index in [0.29, 0.717) is 24.3 Å². The zero-order valence-electron chi connectivity index (χ0n) is 20.3. The SMILES string of the molecule is CC(=O)O[C@H]1[C@@H]2/C(=N/O)C[C@@H]2OC[C@H]1OC(C)=O.CC(=O)O[C@H]1[C@@H]2/C(=N/O)C[C@@H]2OC[C@H]1OC(C)=O. The Bertz CT molecular complexity index is 860. The Morgan fingerprint density at radius 1 is 0.667 bits per heavy atom. The highest BCUT2D eigenvalue weighted by molar-refractivity contribution is 5.94. The van der Waals surface area contributed by atoms with Gasteiger partial charge >= 0.3 is 23.9 Å². The van der Waals surface area contributed by atoms with E-state index in [4.69, 9.17) is 38.8 Å². The summed E-state index contributed by atoms with van der Waals surface area (Å²) in [5.74, 6) is -2.56. The van der Waals surface area contributed by atoms with Gasteiger partial charge < -0.3 is 38.8 Å². The standard InChI is InChI=1S/2C11H15NO6/c2*1-5(13)17-9-4-16-8-3-7(12-15)10(8)11(9)18-6(2)14/h2*8-11,15H,3-4H2,1-2H3/b2*12-7+/t2*8-,9+,10+,11+/m00/s1. The van der Waals surface area contributed by atoms with Crippen LogP contribution in [0.3, 0.4) is 0 Å². The fourth-order valence-electron chi connectivity index (χ4n) is 4.79. The molecule has 0 spiro atoms. The largest absolute Gasteiger partial charge is 0.458 e. The van der Waals surface area contributed by atoms with Crippen LogP contribution in [0.4, 0.5) is 0 Å². The van der Waals surface area contributed by atoms with Crippen molar-refractivity contribution in [2.45, 2.75) is 77.2 Å². The molecule has 2 saturated carbocycles. The molecule has 2 N–H and O–H groups in total. The van der Waals surface area contributed by atoms with Gasteiger partial charge in [0.1, 0.15) is 0 Å². The highest BCUT2D eigenvalue weighted by Gasteiger charge is 2.54. The highest BCUT2D eigenvalue weighted by atomic mass is 16.6. The molecule has 0 amide bonds.